The Bertz CT molecular complexity index is 478. The molecule has 19 heavy (non-hydrogen) atoms. The molecule has 0 amide bonds. The molecule has 0 saturated carbocycles. The lowest BCUT2D eigenvalue weighted by atomic mass is 10.1. The molecule has 5 heteroatoms. The van der Waals surface area contributed by atoms with Crippen LogP contribution in [0.1, 0.15) is 18.4 Å². The second kappa shape index (κ2) is 6.59. The van der Waals surface area contributed by atoms with Gasteiger partial charge in [0.25, 0.3) is 0 Å². The van der Waals surface area contributed by atoms with Gasteiger partial charge in [0, 0.05) is 24.5 Å². The largest absolute Gasteiger partial charge is 0.490 e. The fourth-order valence-electron chi connectivity index (χ4n) is 1.91. The van der Waals surface area contributed by atoms with Crippen LogP contribution in [-0.2, 0) is 9.53 Å². The number of halogens is 1. The summed E-state index contributed by atoms with van der Waals surface area (Å²) in [5.74, 6) is -0.408. The van der Waals surface area contributed by atoms with E-state index >= 15 is 0 Å². The maximum absolute atomic E-state index is 10.6. The highest BCUT2D eigenvalue weighted by Gasteiger charge is 2.17. The van der Waals surface area contributed by atoms with Crippen LogP contribution < -0.4 is 4.74 Å². The predicted molar refractivity (Wildman–Crippen MR) is 72.6 cm³/mol. The molecule has 4 nitrogen and oxygen atoms in total. The molecule has 0 unspecified atom stereocenters. The lowest BCUT2D eigenvalue weighted by Gasteiger charge is -2.24. The van der Waals surface area contributed by atoms with Gasteiger partial charge in [-0.15, -0.1) is 0 Å². The van der Waals surface area contributed by atoms with Crippen LogP contribution in [0.3, 0.4) is 0 Å². The number of ether oxygens (including phenoxy) is 2. The van der Waals surface area contributed by atoms with Gasteiger partial charge in [-0.3, -0.25) is 0 Å². The zero-order chi connectivity index (χ0) is 13.7. The first kappa shape index (κ1) is 13.9. The molecular weight excluding hydrogens is 268 g/mol. The van der Waals surface area contributed by atoms with Gasteiger partial charge in [-0.05, 0) is 18.2 Å². The van der Waals surface area contributed by atoms with Gasteiger partial charge in [-0.1, -0.05) is 17.7 Å². The number of carbonyl (C=O) groups is 1. The quantitative estimate of drug-likeness (QED) is 0.863. The fourth-order valence-corrected chi connectivity index (χ4v) is 2.14. The van der Waals surface area contributed by atoms with E-state index in [2.05, 4.69) is 0 Å². The first-order valence-electron chi connectivity index (χ1n) is 6.11. The molecular formula is C14H15ClO4. The number of hydrogen-bond donors (Lipinski definition) is 1. The van der Waals surface area contributed by atoms with Gasteiger partial charge in [0.1, 0.15) is 11.9 Å². The highest BCUT2D eigenvalue weighted by molar-refractivity contribution is 6.32. The molecule has 1 aromatic rings. The normalized spacial score (nSPS) is 16.7. The van der Waals surface area contributed by atoms with Gasteiger partial charge in [0.2, 0.25) is 0 Å². The smallest absolute Gasteiger partial charge is 0.328 e. The van der Waals surface area contributed by atoms with Crippen molar-refractivity contribution >= 4 is 23.6 Å². The number of rotatable bonds is 4. The Labute approximate surface area is 116 Å². The van der Waals surface area contributed by atoms with E-state index in [0.717, 1.165) is 18.9 Å². The number of hydrogen-bond acceptors (Lipinski definition) is 3. The van der Waals surface area contributed by atoms with Crippen LogP contribution in [-0.4, -0.2) is 30.4 Å². The molecule has 0 aliphatic carbocycles. The summed E-state index contributed by atoms with van der Waals surface area (Å²) in [6.07, 6.45) is 4.25. The Morgan fingerprint density at radius 3 is 2.84 bits per heavy atom. The maximum atomic E-state index is 10.6. The molecule has 0 bridgehead atoms. The molecule has 1 aromatic carbocycles. The summed E-state index contributed by atoms with van der Waals surface area (Å²) < 4.78 is 11.2. The minimum absolute atomic E-state index is 0.0872. The molecule has 0 aromatic heterocycles. The van der Waals surface area contributed by atoms with E-state index in [1.165, 1.54) is 6.08 Å². The highest BCUT2D eigenvalue weighted by Crippen LogP contribution is 2.29. The average Bonchev–Trinajstić information content (AvgIpc) is 2.39. The topological polar surface area (TPSA) is 55.8 Å². The van der Waals surface area contributed by atoms with E-state index in [1.54, 1.807) is 18.2 Å². The Morgan fingerprint density at radius 1 is 1.42 bits per heavy atom. The minimum Gasteiger partial charge on any atom is -0.490 e. The molecule has 102 valence electrons. The van der Waals surface area contributed by atoms with Crippen LogP contribution in [0.25, 0.3) is 6.08 Å². The van der Waals surface area contributed by atoms with Gasteiger partial charge in [-0.2, -0.15) is 0 Å². The third-order valence-electron chi connectivity index (χ3n) is 2.87. The van der Waals surface area contributed by atoms with Crippen molar-refractivity contribution in [1.29, 1.82) is 0 Å². The first-order chi connectivity index (χ1) is 9.16. The van der Waals surface area contributed by atoms with Crippen LogP contribution in [0.4, 0.5) is 0 Å². The monoisotopic (exact) mass is 282 g/mol. The Balaban J connectivity index is 2.18. The van der Waals surface area contributed by atoms with Gasteiger partial charge in [-0.25, -0.2) is 4.79 Å². The summed E-state index contributed by atoms with van der Waals surface area (Å²) in [6, 6.07) is 5.29. The zero-order valence-corrected chi connectivity index (χ0v) is 11.1. The van der Waals surface area contributed by atoms with E-state index in [0.29, 0.717) is 29.5 Å². The second-order valence-corrected chi connectivity index (χ2v) is 4.66. The number of carboxylic acid groups (broad SMARTS) is 1. The van der Waals surface area contributed by atoms with Crippen molar-refractivity contribution in [3.05, 3.63) is 34.9 Å². The van der Waals surface area contributed by atoms with Gasteiger partial charge in [0.05, 0.1) is 18.2 Å². The lowest BCUT2D eigenvalue weighted by Crippen LogP contribution is -2.26. The summed E-state index contributed by atoms with van der Waals surface area (Å²) in [4.78, 5) is 10.6. The Morgan fingerprint density at radius 2 is 2.16 bits per heavy atom. The van der Waals surface area contributed by atoms with Crippen LogP contribution in [0.5, 0.6) is 5.75 Å². The Hall–Kier alpha value is -1.52. The van der Waals surface area contributed by atoms with Crippen molar-refractivity contribution in [2.24, 2.45) is 0 Å². The van der Waals surface area contributed by atoms with Crippen molar-refractivity contribution < 1.29 is 19.4 Å². The van der Waals surface area contributed by atoms with Crippen molar-refractivity contribution in [2.75, 3.05) is 13.2 Å². The third-order valence-corrected chi connectivity index (χ3v) is 3.20. The summed E-state index contributed by atoms with van der Waals surface area (Å²) in [5.41, 5.74) is 0.595. The van der Waals surface area contributed by atoms with E-state index in [1.807, 2.05) is 0 Å². The van der Waals surface area contributed by atoms with Gasteiger partial charge >= 0.3 is 5.97 Å². The molecule has 1 aliphatic rings. The summed E-state index contributed by atoms with van der Waals surface area (Å²) in [5, 5.41) is 9.16. The van der Waals surface area contributed by atoms with Gasteiger partial charge in [0.15, 0.2) is 0 Å². The van der Waals surface area contributed by atoms with Crippen molar-refractivity contribution in [3.63, 3.8) is 0 Å². The standard InChI is InChI=1S/C14H15ClO4/c15-12-2-1-3-13(11(12)4-5-14(16)17)19-10-6-8-18-9-7-10/h1-5,10H,6-9H2,(H,16,17)/b5-4+. The highest BCUT2D eigenvalue weighted by atomic mass is 35.5. The van der Waals surface area contributed by atoms with Crippen molar-refractivity contribution in [1.82, 2.24) is 0 Å². The van der Waals surface area contributed by atoms with Crippen LogP contribution >= 0.6 is 11.6 Å². The summed E-state index contributed by atoms with van der Waals surface area (Å²) in [6.45, 7) is 1.37. The average molecular weight is 283 g/mol. The Kier molecular flexibility index (Phi) is 4.82. The molecule has 0 radical (unpaired) electrons. The molecule has 2 rings (SSSR count). The maximum Gasteiger partial charge on any atom is 0.328 e. The number of aliphatic carboxylic acids is 1. The SMILES string of the molecule is O=C(O)/C=C/c1c(Cl)cccc1OC1CCOCC1. The molecule has 0 spiro atoms. The molecule has 1 aliphatic heterocycles. The fraction of sp³-hybridized carbons (Fsp3) is 0.357. The molecule has 1 fully saturated rings. The first-order valence-corrected chi connectivity index (χ1v) is 6.48. The van der Waals surface area contributed by atoms with Crippen LogP contribution in [0.2, 0.25) is 5.02 Å². The predicted octanol–water partition coefficient (Wildman–Crippen LogP) is 3.00. The second-order valence-electron chi connectivity index (χ2n) is 4.25. The van der Waals surface area contributed by atoms with Crippen molar-refractivity contribution in [3.8, 4) is 5.75 Å². The van der Waals surface area contributed by atoms with Gasteiger partial charge < -0.3 is 14.6 Å². The lowest BCUT2D eigenvalue weighted by molar-refractivity contribution is -0.131. The van der Waals surface area contributed by atoms with Crippen LogP contribution in [0, 0.1) is 0 Å². The van der Waals surface area contributed by atoms with Crippen LogP contribution in [0.15, 0.2) is 24.3 Å². The third kappa shape index (κ3) is 3.98. The molecule has 1 N–H and O–H groups in total. The number of carboxylic acids is 1. The van der Waals surface area contributed by atoms with E-state index < -0.39 is 5.97 Å². The van der Waals surface area contributed by atoms with E-state index in [-0.39, 0.29) is 6.10 Å². The van der Waals surface area contributed by atoms with Crippen molar-refractivity contribution in [2.45, 2.75) is 18.9 Å². The van der Waals surface area contributed by atoms with E-state index in [9.17, 15) is 4.79 Å². The zero-order valence-electron chi connectivity index (χ0n) is 10.3. The molecule has 1 heterocycles. The van der Waals surface area contributed by atoms with E-state index in [4.69, 9.17) is 26.2 Å². The summed E-state index contributed by atoms with van der Waals surface area (Å²) >= 11 is 6.08. The molecule has 0 atom stereocenters. The number of benzene rings is 1. The minimum atomic E-state index is -1.02. The molecule has 1 saturated heterocycles. The summed E-state index contributed by atoms with van der Waals surface area (Å²) in [7, 11) is 0.